The SMILES string of the molecule is CCCc1cc(N2CCCC2C)nc(Nc2cccc(C#N)c2)n1. The Morgan fingerprint density at radius 2 is 2.21 bits per heavy atom. The van der Waals surface area contributed by atoms with Gasteiger partial charge < -0.3 is 10.2 Å². The lowest BCUT2D eigenvalue weighted by Gasteiger charge is -2.23. The Hall–Kier alpha value is -2.61. The molecule has 0 aliphatic carbocycles. The van der Waals surface area contributed by atoms with Crippen LogP contribution in [0.4, 0.5) is 17.5 Å². The summed E-state index contributed by atoms with van der Waals surface area (Å²) in [6, 6.07) is 12.2. The molecule has 1 aliphatic rings. The van der Waals surface area contributed by atoms with Crippen LogP contribution in [-0.2, 0) is 6.42 Å². The molecule has 3 rings (SSSR count). The molecule has 24 heavy (non-hydrogen) atoms. The van der Waals surface area contributed by atoms with E-state index in [1.807, 2.05) is 18.2 Å². The highest BCUT2D eigenvalue weighted by atomic mass is 15.3. The second-order valence-corrected chi connectivity index (χ2v) is 6.29. The Bertz CT molecular complexity index is 750. The lowest BCUT2D eigenvalue weighted by atomic mass is 10.2. The summed E-state index contributed by atoms with van der Waals surface area (Å²) in [5, 5.41) is 12.3. The quantitative estimate of drug-likeness (QED) is 0.900. The van der Waals surface area contributed by atoms with Crippen molar-refractivity contribution in [3.8, 4) is 6.07 Å². The van der Waals surface area contributed by atoms with E-state index in [1.54, 1.807) is 6.07 Å². The smallest absolute Gasteiger partial charge is 0.229 e. The van der Waals surface area contributed by atoms with E-state index >= 15 is 0 Å². The third-order valence-corrected chi connectivity index (χ3v) is 4.37. The maximum atomic E-state index is 9.04. The molecule has 0 amide bonds. The first-order valence-electron chi connectivity index (χ1n) is 8.61. The van der Waals surface area contributed by atoms with Crippen molar-refractivity contribution in [2.24, 2.45) is 0 Å². The van der Waals surface area contributed by atoms with Crippen molar-refractivity contribution in [1.82, 2.24) is 9.97 Å². The number of nitrogens with one attached hydrogen (secondary N) is 1. The molecule has 2 aromatic rings. The molecule has 124 valence electrons. The number of anilines is 3. The molecule has 1 unspecified atom stereocenters. The zero-order valence-electron chi connectivity index (χ0n) is 14.3. The average Bonchev–Trinajstić information content (AvgIpc) is 3.01. The average molecular weight is 321 g/mol. The van der Waals surface area contributed by atoms with Gasteiger partial charge in [0.2, 0.25) is 5.95 Å². The fraction of sp³-hybridized carbons (Fsp3) is 0.421. The second-order valence-electron chi connectivity index (χ2n) is 6.29. The molecule has 1 saturated heterocycles. The molecule has 1 N–H and O–H groups in total. The Morgan fingerprint density at radius 3 is 2.92 bits per heavy atom. The fourth-order valence-corrected chi connectivity index (χ4v) is 3.14. The van der Waals surface area contributed by atoms with Crippen LogP contribution in [0.1, 0.15) is 44.4 Å². The van der Waals surface area contributed by atoms with E-state index in [2.05, 4.69) is 41.2 Å². The number of hydrogen-bond acceptors (Lipinski definition) is 5. The largest absolute Gasteiger partial charge is 0.354 e. The lowest BCUT2D eigenvalue weighted by molar-refractivity contribution is 0.724. The molecule has 1 aliphatic heterocycles. The molecule has 1 aromatic carbocycles. The lowest BCUT2D eigenvalue weighted by Crippen LogP contribution is -2.27. The molecule has 0 saturated carbocycles. The van der Waals surface area contributed by atoms with Crippen LogP contribution < -0.4 is 10.2 Å². The Labute approximate surface area is 143 Å². The molecule has 1 aromatic heterocycles. The van der Waals surface area contributed by atoms with E-state index in [4.69, 9.17) is 10.2 Å². The van der Waals surface area contributed by atoms with Crippen molar-refractivity contribution >= 4 is 17.5 Å². The van der Waals surface area contributed by atoms with E-state index in [0.717, 1.165) is 36.6 Å². The van der Waals surface area contributed by atoms with Crippen LogP contribution in [0.25, 0.3) is 0 Å². The Kier molecular flexibility index (Phi) is 4.95. The molecule has 0 radical (unpaired) electrons. The van der Waals surface area contributed by atoms with Gasteiger partial charge in [-0.1, -0.05) is 19.4 Å². The van der Waals surface area contributed by atoms with Crippen LogP contribution in [0.15, 0.2) is 30.3 Å². The predicted molar refractivity (Wildman–Crippen MR) is 96.5 cm³/mol. The van der Waals surface area contributed by atoms with Gasteiger partial charge in [-0.25, -0.2) is 4.98 Å². The van der Waals surface area contributed by atoms with Crippen LogP contribution in [0.2, 0.25) is 0 Å². The minimum atomic E-state index is 0.518. The zero-order chi connectivity index (χ0) is 16.9. The topological polar surface area (TPSA) is 64.8 Å². The summed E-state index contributed by atoms with van der Waals surface area (Å²) in [6.45, 7) is 5.45. The Balaban J connectivity index is 1.91. The molecule has 0 spiro atoms. The van der Waals surface area contributed by atoms with E-state index in [9.17, 15) is 0 Å². The summed E-state index contributed by atoms with van der Waals surface area (Å²) in [6.07, 6.45) is 4.40. The summed E-state index contributed by atoms with van der Waals surface area (Å²) in [5.74, 6) is 1.60. The van der Waals surface area contributed by atoms with Crippen LogP contribution in [0.5, 0.6) is 0 Å². The normalized spacial score (nSPS) is 16.9. The minimum Gasteiger partial charge on any atom is -0.354 e. The van der Waals surface area contributed by atoms with Crippen LogP contribution in [-0.4, -0.2) is 22.6 Å². The number of nitrogens with zero attached hydrogens (tertiary/aromatic N) is 4. The molecule has 0 bridgehead atoms. The third-order valence-electron chi connectivity index (χ3n) is 4.37. The van der Waals surface area contributed by atoms with Crippen LogP contribution in [0.3, 0.4) is 0 Å². The van der Waals surface area contributed by atoms with Gasteiger partial charge in [-0.2, -0.15) is 10.2 Å². The van der Waals surface area contributed by atoms with Gasteiger partial charge >= 0.3 is 0 Å². The third kappa shape index (κ3) is 3.65. The van der Waals surface area contributed by atoms with Gasteiger partial charge in [0.05, 0.1) is 11.6 Å². The zero-order valence-corrected chi connectivity index (χ0v) is 14.3. The van der Waals surface area contributed by atoms with E-state index in [0.29, 0.717) is 17.6 Å². The number of nitriles is 1. The summed E-state index contributed by atoms with van der Waals surface area (Å²) < 4.78 is 0. The fourth-order valence-electron chi connectivity index (χ4n) is 3.14. The van der Waals surface area contributed by atoms with E-state index in [-0.39, 0.29) is 0 Å². The van der Waals surface area contributed by atoms with Crippen molar-refractivity contribution < 1.29 is 0 Å². The highest BCUT2D eigenvalue weighted by Gasteiger charge is 2.22. The van der Waals surface area contributed by atoms with Gasteiger partial charge in [0.15, 0.2) is 0 Å². The van der Waals surface area contributed by atoms with Gasteiger partial charge in [-0.15, -0.1) is 0 Å². The van der Waals surface area contributed by atoms with Gasteiger partial charge in [0, 0.05) is 30.0 Å². The first-order chi connectivity index (χ1) is 11.7. The maximum absolute atomic E-state index is 9.04. The van der Waals surface area contributed by atoms with Crippen LogP contribution in [0, 0.1) is 11.3 Å². The summed E-state index contributed by atoms with van der Waals surface area (Å²) in [4.78, 5) is 11.7. The molecule has 5 heteroatoms. The first kappa shape index (κ1) is 16.3. The summed E-state index contributed by atoms with van der Waals surface area (Å²) in [7, 11) is 0. The molecule has 1 fully saturated rings. The van der Waals surface area contributed by atoms with Crippen molar-refractivity contribution in [3.05, 3.63) is 41.6 Å². The molecule has 2 heterocycles. The van der Waals surface area contributed by atoms with Gasteiger partial charge in [-0.3, -0.25) is 0 Å². The molecular weight excluding hydrogens is 298 g/mol. The molecular formula is C19H23N5. The number of hydrogen-bond donors (Lipinski definition) is 1. The Morgan fingerprint density at radius 1 is 1.33 bits per heavy atom. The molecule has 5 nitrogen and oxygen atoms in total. The highest BCUT2D eigenvalue weighted by molar-refractivity contribution is 5.58. The number of rotatable bonds is 5. The van der Waals surface area contributed by atoms with Crippen molar-refractivity contribution in [2.45, 2.75) is 45.6 Å². The monoisotopic (exact) mass is 321 g/mol. The van der Waals surface area contributed by atoms with Gasteiger partial charge in [0.25, 0.3) is 0 Å². The summed E-state index contributed by atoms with van der Waals surface area (Å²) in [5.41, 5.74) is 2.52. The first-order valence-corrected chi connectivity index (χ1v) is 8.61. The van der Waals surface area contributed by atoms with Gasteiger partial charge in [0.1, 0.15) is 5.82 Å². The van der Waals surface area contributed by atoms with Crippen molar-refractivity contribution in [3.63, 3.8) is 0 Å². The van der Waals surface area contributed by atoms with Crippen molar-refractivity contribution in [1.29, 1.82) is 5.26 Å². The number of benzene rings is 1. The summed E-state index contributed by atoms with van der Waals surface area (Å²) >= 11 is 0. The second kappa shape index (κ2) is 7.31. The molecule has 1 atom stereocenters. The van der Waals surface area contributed by atoms with Crippen LogP contribution >= 0.6 is 0 Å². The van der Waals surface area contributed by atoms with Crippen molar-refractivity contribution in [2.75, 3.05) is 16.8 Å². The number of aromatic nitrogens is 2. The number of aryl methyl sites for hydroxylation is 1. The van der Waals surface area contributed by atoms with Gasteiger partial charge in [-0.05, 0) is 44.4 Å². The van der Waals surface area contributed by atoms with E-state index in [1.165, 1.54) is 12.8 Å². The van der Waals surface area contributed by atoms with E-state index < -0.39 is 0 Å². The highest BCUT2D eigenvalue weighted by Crippen LogP contribution is 2.26. The standard InChI is InChI=1S/C19H23N5/c1-3-6-16-12-18(24-10-5-7-14(24)2)23-19(21-16)22-17-9-4-8-15(11-17)13-20/h4,8-9,11-12,14H,3,5-7,10H2,1-2H3,(H,21,22,23). The maximum Gasteiger partial charge on any atom is 0.229 e. The predicted octanol–water partition coefficient (Wildman–Crippen LogP) is 4.03. The minimum absolute atomic E-state index is 0.518.